The molecule has 0 N–H and O–H groups in total. The molecule has 1 heterocycles. The van der Waals surface area contributed by atoms with Gasteiger partial charge in [0.25, 0.3) is 0 Å². The highest BCUT2D eigenvalue weighted by atomic mass is 16.7. The molecule has 61 heavy (non-hydrogen) atoms. The van der Waals surface area contributed by atoms with Gasteiger partial charge in [-0.15, -0.1) is 0 Å². The molecule has 0 saturated carbocycles. The Morgan fingerprint density at radius 1 is 0.656 bits per heavy atom. The number of hydrogen-bond donors (Lipinski definition) is 0. The van der Waals surface area contributed by atoms with Crippen molar-refractivity contribution in [2.45, 2.75) is 90.4 Å². The summed E-state index contributed by atoms with van der Waals surface area (Å²) < 4.78 is 43.3. The summed E-state index contributed by atoms with van der Waals surface area (Å²) in [5.74, 6) is -3.38. The Morgan fingerprint density at radius 2 is 1.18 bits per heavy atom. The van der Waals surface area contributed by atoms with Crippen molar-refractivity contribution in [3.05, 3.63) is 172 Å². The Morgan fingerprint density at radius 3 is 1.72 bits per heavy atom. The summed E-state index contributed by atoms with van der Waals surface area (Å²) in [6, 6.07) is 37.9. The van der Waals surface area contributed by atoms with Crippen molar-refractivity contribution < 1.29 is 57.1 Å². The number of carbonyl (C=O) groups excluding carboxylic acids is 5. The van der Waals surface area contributed by atoms with Crippen molar-refractivity contribution in [2.24, 2.45) is 0 Å². The van der Waals surface area contributed by atoms with E-state index >= 15 is 0 Å². The van der Waals surface area contributed by atoms with E-state index in [1.165, 1.54) is 20.8 Å². The molecule has 1 fully saturated rings. The molecule has 316 valence electrons. The number of ether oxygens (including phenoxy) is 7. The first kappa shape index (κ1) is 43.8. The largest absolute Gasteiger partial charge is 0.461 e. The molecule has 0 aromatic heterocycles. The summed E-state index contributed by atoms with van der Waals surface area (Å²) in [6.07, 6.45) is -6.19. The van der Waals surface area contributed by atoms with E-state index in [2.05, 4.69) is 6.92 Å². The molecule has 1 aliphatic heterocycles. The van der Waals surface area contributed by atoms with Crippen LogP contribution in [-0.2, 0) is 57.5 Å². The van der Waals surface area contributed by atoms with Crippen molar-refractivity contribution in [1.29, 1.82) is 0 Å². The predicted molar refractivity (Wildman–Crippen MR) is 223 cm³/mol. The molecule has 0 unspecified atom stereocenters. The van der Waals surface area contributed by atoms with Crippen LogP contribution in [0, 0.1) is 0 Å². The molecule has 6 atom stereocenters. The van der Waals surface area contributed by atoms with E-state index in [1.54, 1.807) is 110 Å². The number of benzene rings is 5. The van der Waals surface area contributed by atoms with E-state index in [1.807, 2.05) is 30.3 Å². The zero-order chi connectivity index (χ0) is 43.5. The number of esters is 5. The van der Waals surface area contributed by atoms with Crippen LogP contribution in [0.5, 0.6) is 5.75 Å². The minimum atomic E-state index is -1.98. The summed E-state index contributed by atoms with van der Waals surface area (Å²) in [5, 5.41) is 0. The maximum Gasteiger partial charge on any atom is 0.338 e. The maximum atomic E-state index is 14.1. The van der Waals surface area contributed by atoms with Crippen molar-refractivity contribution in [2.75, 3.05) is 0 Å². The van der Waals surface area contributed by atoms with Crippen molar-refractivity contribution in [3.63, 3.8) is 0 Å². The van der Waals surface area contributed by atoms with Gasteiger partial charge < -0.3 is 33.2 Å². The molecule has 1 aliphatic rings. The first-order valence-electron chi connectivity index (χ1n) is 20.0. The van der Waals surface area contributed by atoms with Crippen LogP contribution >= 0.6 is 0 Å². The average Bonchev–Trinajstić information content (AvgIpc) is 3.26. The topological polar surface area (TPSA) is 150 Å². The highest BCUT2D eigenvalue weighted by molar-refractivity contribution is 5.91. The molecule has 5 aromatic carbocycles. The van der Waals surface area contributed by atoms with Crippen LogP contribution in [0.25, 0.3) is 0 Å². The van der Waals surface area contributed by atoms with E-state index < -0.39 is 66.2 Å². The lowest BCUT2D eigenvalue weighted by Crippen LogP contribution is -2.71. The molecule has 12 nitrogen and oxygen atoms in total. The van der Waals surface area contributed by atoms with Crippen LogP contribution in [0.2, 0.25) is 0 Å². The lowest BCUT2D eigenvalue weighted by molar-refractivity contribution is -0.317. The van der Waals surface area contributed by atoms with E-state index in [0.717, 1.165) is 17.5 Å². The van der Waals surface area contributed by atoms with Gasteiger partial charge in [0.15, 0.2) is 11.7 Å². The van der Waals surface area contributed by atoms with Gasteiger partial charge >= 0.3 is 29.8 Å². The Labute approximate surface area is 354 Å². The molecule has 0 spiro atoms. The van der Waals surface area contributed by atoms with E-state index in [4.69, 9.17) is 33.2 Å². The highest BCUT2D eigenvalue weighted by Crippen LogP contribution is 2.41. The quantitative estimate of drug-likeness (QED) is 0.0743. The molecule has 5 aromatic rings. The second-order valence-electron chi connectivity index (χ2n) is 14.8. The van der Waals surface area contributed by atoms with Crippen molar-refractivity contribution in [1.82, 2.24) is 0 Å². The fourth-order valence-corrected chi connectivity index (χ4v) is 7.15. The lowest BCUT2D eigenvalue weighted by atomic mass is 9.82. The zero-order valence-corrected chi connectivity index (χ0v) is 34.6. The van der Waals surface area contributed by atoms with E-state index in [9.17, 15) is 24.0 Å². The Hall–Kier alpha value is -6.79. The molecule has 0 bridgehead atoms. The van der Waals surface area contributed by atoms with Crippen LogP contribution in [0.1, 0.15) is 87.9 Å². The lowest BCUT2D eigenvalue weighted by Gasteiger charge is -2.51. The van der Waals surface area contributed by atoms with Gasteiger partial charge in [0.2, 0.25) is 12.4 Å². The molecule has 6 rings (SSSR count). The molecule has 0 aliphatic carbocycles. The number of carbonyl (C=O) groups is 5. The van der Waals surface area contributed by atoms with Gasteiger partial charge in [-0.1, -0.05) is 97.9 Å². The monoisotopic (exact) mass is 828 g/mol. The highest BCUT2D eigenvalue weighted by Gasteiger charge is 2.63. The fourth-order valence-electron chi connectivity index (χ4n) is 7.15. The third kappa shape index (κ3) is 11.1. The first-order valence-corrected chi connectivity index (χ1v) is 20.0. The Balaban J connectivity index is 1.49. The maximum absolute atomic E-state index is 14.1. The molecule has 1 saturated heterocycles. The van der Waals surface area contributed by atoms with E-state index in [0.29, 0.717) is 17.5 Å². The third-order valence-corrected chi connectivity index (χ3v) is 10.2. The predicted octanol–water partition coefficient (Wildman–Crippen LogP) is 8.03. The summed E-state index contributed by atoms with van der Waals surface area (Å²) in [4.78, 5) is 66.5. The number of rotatable bonds is 15. The van der Waals surface area contributed by atoms with Gasteiger partial charge in [-0.25, -0.2) is 14.4 Å². The number of aryl methyl sites for hydroxylation is 1. The van der Waals surface area contributed by atoms with Gasteiger partial charge in [0.05, 0.1) is 16.7 Å². The number of hydrogen-bond acceptors (Lipinski definition) is 12. The third-order valence-electron chi connectivity index (χ3n) is 10.2. The summed E-state index contributed by atoms with van der Waals surface area (Å²) in [7, 11) is 0. The van der Waals surface area contributed by atoms with Crippen molar-refractivity contribution in [3.8, 4) is 5.75 Å². The molecular weight excluding hydrogens is 781 g/mol. The zero-order valence-electron chi connectivity index (χ0n) is 34.6. The van der Waals surface area contributed by atoms with Crippen LogP contribution < -0.4 is 4.74 Å². The summed E-state index contributed by atoms with van der Waals surface area (Å²) in [6.45, 7) is 7.46. The van der Waals surface area contributed by atoms with Gasteiger partial charge in [0.1, 0.15) is 24.6 Å². The van der Waals surface area contributed by atoms with Gasteiger partial charge in [0, 0.05) is 20.3 Å². The van der Waals surface area contributed by atoms with E-state index in [-0.39, 0.29) is 29.0 Å². The smallest absolute Gasteiger partial charge is 0.338 e. The molecular formula is C49H48O12. The second-order valence-corrected chi connectivity index (χ2v) is 14.8. The normalized spacial score (nSPS) is 20.0. The fraction of sp³-hybridized carbons (Fsp3) is 0.286. The molecule has 0 amide bonds. The molecule has 0 radical (unpaired) electrons. The second kappa shape index (κ2) is 20.0. The SMILES string of the molecule is CCc1ccc(Cc2ccc(COC(C)=O)cc2O[C@@H]2O[C@H]([C@@H](C)OC(=O)c3ccccc3)[C@@](C)(OC(C)=O)[C@H](OC(=O)c3ccccc3)[C@H]2OC(=O)c2ccccc2)cc1. The van der Waals surface area contributed by atoms with Crippen molar-refractivity contribution >= 4 is 29.8 Å². The average molecular weight is 829 g/mol. The first-order chi connectivity index (χ1) is 29.3. The van der Waals surface area contributed by atoms with Gasteiger partial charge in [-0.05, 0) is 85.0 Å². The standard InChI is InChI=1S/C49H48O12/c1-6-34-22-24-35(25-23-34)28-40-27-26-36(30-55-32(3)50)29-41(40)57-48-42(58-46(53)38-18-12-8-13-19-38)44(59-47(54)39-20-14-9-15-21-39)49(5,61-33(4)51)43(60-48)31(2)56-45(52)37-16-10-7-11-17-37/h7-27,29,31,42-44,48H,6,28,30H2,1-5H3/t31-,42-,43-,44-,48-,49-/m1/s1. The van der Waals surface area contributed by atoms with Crippen LogP contribution in [0.3, 0.4) is 0 Å². The summed E-state index contributed by atoms with van der Waals surface area (Å²) in [5.41, 5.74) is 1.96. The Kier molecular flexibility index (Phi) is 14.3. The molecule has 12 heteroatoms. The van der Waals surface area contributed by atoms with Crippen LogP contribution in [0.4, 0.5) is 0 Å². The minimum absolute atomic E-state index is 0.0773. The van der Waals surface area contributed by atoms with Gasteiger partial charge in [-0.3, -0.25) is 9.59 Å². The minimum Gasteiger partial charge on any atom is -0.461 e. The summed E-state index contributed by atoms with van der Waals surface area (Å²) >= 11 is 0. The Bertz CT molecular complexity index is 2300. The van der Waals surface area contributed by atoms with Gasteiger partial charge in [-0.2, -0.15) is 0 Å². The van der Waals surface area contributed by atoms with Crippen LogP contribution in [0.15, 0.2) is 133 Å². The van der Waals surface area contributed by atoms with Crippen LogP contribution in [-0.4, -0.2) is 66.2 Å².